The largest absolute Gasteiger partial charge is 0.381 e. The Labute approximate surface area is 89.5 Å². The van der Waals surface area contributed by atoms with Crippen LogP contribution in [0, 0.1) is 0 Å². The molecule has 0 aliphatic rings. The van der Waals surface area contributed by atoms with Crippen molar-refractivity contribution in [3.8, 4) is 0 Å². The van der Waals surface area contributed by atoms with Gasteiger partial charge in [0.1, 0.15) is 0 Å². The highest BCUT2D eigenvalue weighted by Crippen LogP contribution is 2.37. The van der Waals surface area contributed by atoms with Crippen molar-refractivity contribution in [3.63, 3.8) is 0 Å². The highest BCUT2D eigenvalue weighted by molar-refractivity contribution is 6.22. The number of aliphatic hydroxyl groups is 1. The van der Waals surface area contributed by atoms with E-state index in [0.29, 0.717) is 10.9 Å². The summed E-state index contributed by atoms with van der Waals surface area (Å²) in [6.45, 7) is 0. The van der Waals surface area contributed by atoms with Crippen LogP contribution in [0.1, 0.15) is 11.7 Å². The van der Waals surface area contributed by atoms with Crippen molar-refractivity contribution < 1.29 is 13.9 Å². The van der Waals surface area contributed by atoms with E-state index in [1.54, 1.807) is 24.3 Å². The second kappa shape index (κ2) is 3.47. The Morgan fingerprint density at radius 1 is 1.33 bits per heavy atom. The molecule has 2 rings (SSSR count). The molecule has 1 heterocycles. The minimum Gasteiger partial charge on any atom is -0.381 e. The van der Waals surface area contributed by atoms with Crippen LogP contribution in [0.25, 0.3) is 10.9 Å². The molecule has 80 valence electrons. The summed E-state index contributed by atoms with van der Waals surface area (Å²) in [6.07, 6.45) is -0.665. The Balaban J connectivity index is 2.53. The van der Waals surface area contributed by atoms with Crippen LogP contribution in [0.4, 0.5) is 8.78 Å². The Morgan fingerprint density at radius 2 is 2.00 bits per heavy atom. The summed E-state index contributed by atoms with van der Waals surface area (Å²) in [7, 11) is 0. The second-order valence-electron chi connectivity index (χ2n) is 3.23. The number of alkyl halides is 3. The molecule has 15 heavy (non-hydrogen) atoms. The third-order valence-electron chi connectivity index (χ3n) is 2.23. The van der Waals surface area contributed by atoms with E-state index in [4.69, 9.17) is 11.6 Å². The molecule has 0 radical (unpaired) electrons. The number of aromatic nitrogens is 1. The van der Waals surface area contributed by atoms with Gasteiger partial charge in [0.2, 0.25) is 0 Å². The van der Waals surface area contributed by atoms with Crippen molar-refractivity contribution in [3.05, 3.63) is 36.0 Å². The van der Waals surface area contributed by atoms with Gasteiger partial charge in [-0.05, 0) is 17.7 Å². The van der Waals surface area contributed by atoms with Crippen LogP contribution in [0.15, 0.2) is 30.5 Å². The van der Waals surface area contributed by atoms with Crippen LogP contribution in [-0.2, 0) is 0 Å². The quantitative estimate of drug-likeness (QED) is 0.766. The zero-order valence-corrected chi connectivity index (χ0v) is 8.30. The third kappa shape index (κ3) is 1.82. The minimum absolute atomic E-state index is 0.102. The van der Waals surface area contributed by atoms with Gasteiger partial charge in [0.25, 0.3) is 0 Å². The van der Waals surface area contributed by atoms with Crippen molar-refractivity contribution in [1.82, 2.24) is 4.98 Å². The molecule has 2 N–H and O–H groups in total. The normalized spacial score (nSPS) is 14.4. The number of aliphatic hydroxyl groups excluding tert-OH is 1. The predicted molar refractivity (Wildman–Crippen MR) is 54.1 cm³/mol. The average Bonchev–Trinajstić information content (AvgIpc) is 2.58. The lowest BCUT2D eigenvalue weighted by molar-refractivity contribution is -0.0417. The van der Waals surface area contributed by atoms with Gasteiger partial charge in [-0.25, -0.2) is 0 Å². The molecule has 1 aromatic carbocycles. The molecule has 0 unspecified atom stereocenters. The first-order valence-corrected chi connectivity index (χ1v) is 4.69. The van der Waals surface area contributed by atoms with Gasteiger partial charge >= 0.3 is 5.38 Å². The Kier molecular flexibility index (Phi) is 2.40. The van der Waals surface area contributed by atoms with Gasteiger partial charge in [-0.2, -0.15) is 8.78 Å². The van der Waals surface area contributed by atoms with Crippen LogP contribution in [-0.4, -0.2) is 15.5 Å². The summed E-state index contributed by atoms with van der Waals surface area (Å²) in [5, 5.41) is 6.23. The highest BCUT2D eigenvalue weighted by atomic mass is 35.5. The fourth-order valence-corrected chi connectivity index (χ4v) is 1.61. The molecule has 0 amide bonds. The molecule has 0 spiro atoms. The summed E-state index contributed by atoms with van der Waals surface area (Å²) in [5.41, 5.74) is 0.790. The number of hydrogen-bond donors (Lipinski definition) is 2. The van der Waals surface area contributed by atoms with Gasteiger partial charge in [0.05, 0.1) is 0 Å². The molecule has 0 saturated carbocycles. The highest BCUT2D eigenvalue weighted by Gasteiger charge is 2.38. The van der Waals surface area contributed by atoms with E-state index >= 15 is 0 Å². The summed E-state index contributed by atoms with van der Waals surface area (Å²) in [4.78, 5) is 2.79. The Hall–Kier alpha value is -1.13. The zero-order valence-electron chi connectivity index (χ0n) is 7.55. The summed E-state index contributed by atoms with van der Waals surface area (Å²) in [5.74, 6) is 0. The minimum atomic E-state index is -3.66. The lowest BCUT2D eigenvalue weighted by Crippen LogP contribution is -2.18. The van der Waals surface area contributed by atoms with Crippen molar-refractivity contribution in [2.45, 2.75) is 11.5 Å². The maximum absolute atomic E-state index is 12.7. The summed E-state index contributed by atoms with van der Waals surface area (Å²) < 4.78 is 25.4. The number of nitrogens with one attached hydrogen (secondary N) is 1. The maximum Gasteiger partial charge on any atom is 0.351 e. The molecule has 1 aromatic heterocycles. The predicted octanol–water partition coefficient (Wildman–Crippen LogP) is 3.03. The van der Waals surface area contributed by atoms with E-state index in [1.165, 1.54) is 6.20 Å². The van der Waals surface area contributed by atoms with E-state index < -0.39 is 11.5 Å². The molecule has 0 saturated heterocycles. The van der Waals surface area contributed by atoms with Crippen molar-refractivity contribution in [1.29, 1.82) is 0 Å². The van der Waals surface area contributed by atoms with Crippen LogP contribution >= 0.6 is 11.6 Å². The Bertz CT molecular complexity index is 477. The lowest BCUT2D eigenvalue weighted by atomic mass is 10.1. The smallest absolute Gasteiger partial charge is 0.351 e. The number of H-pyrrole nitrogens is 1. The van der Waals surface area contributed by atoms with Gasteiger partial charge in [-0.15, -0.1) is 0 Å². The molecule has 2 aromatic rings. The monoisotopic (exact) mass is 231 g/mol. The van der Waals surface area contributed by atoms with Gasteiger partial charge in [-0.3, -0.25) is 0 Å². The van der Waals surface area contributed by atoms with Crippen LogP contribution in [0.5, 0.6) is 0 Å². The molecule has 1 atom stereocenters. The number of rotatable bonds is 2. The molecule has 0 aliphatic heterocycles. The zero-order chi connectivity index (χ0) is 11.1. The van der Waals surface area contributed by atoms with E-state index in [1.807, 2.05) is 0 Å². The van der Waals surface area contributed by atoms with Gasteiger partial charge in [0, 0.05) is 22.7 Å². The number of para-hydroxylation sites is 1. The average molecular weight is 232 g/mol. The van der Waals surface area contributed by atoms with E-state index in [0.717, 1.165) is 0 Å². The maximum atomic E-state index is 12.7. The molecule has 5 heteroatoms. The van der Waals surface area contributed by atoms with Crippen molar-refractivity contribution in [2.75, 3.05) is 0 Å². The number of halogens is 3. The fourth-order valence-electron chi connectivity index (χ4n) is 1.50. The SMILES string of the molecule is O[C@H](c1c[nH]c2ccccc12)C(F)(F)Cl. The number of fused-ring (bicyclic) bond motifs is 1. The molecule has 2 nitrogen and oxygen atoms in total. The first-order valence-electron chi connectivity index (χ1n) is 4.31. The van der Waals surface area contributed by atoms with Crippen molar-refractivity contribution >= 4 is 22.5 Å². The second-order valence-corrected chi connectivity index (χ2v) is 3.74. The number of benzene rings is 1. The summed E-state index contributed by atoms with van der Waals surface area (Å²) >= 11 is 4.78. The molecule has 0 bridgehead atoms. The number of hydrogen-bond acceptors (Lipinski definition) is 1. The first-order chi connectivity index (χ1) is 7.00. The van der Waals surface area contributed by atoms with Crippen LogP contribution in [0.2, 0.25) is 0 Å². The van der Waals surface area contributed by atoms with Crippen molar-refractivity contribution in [2.24, 2.45) is 0 Å². The van der Waals surface area contributed by atoms with E-state index in [2.05, 4.69) is 4.98 Å². The van der Waals surface area contributed by atoms with Crippen LogP contribution in [0.3, 0.4) is 0 Å². The topological polar surface area (TPSA) is 36.0 Å². The Morgan fingerprint density at radius 3 is 2.67 bits per heavy atom. The molecule has 0 aliphatic carbocycles. The fraction of sp³-hybridized carbons (Fsp3) is 0.200. The molecular weight excluding hydrogens is 224 g/mol. The lowest BCUT2D eigenvalue weighted by Gasteiger charge is -2.14. The van der Waals surface area contributed by atoms with Gasteiger partial charge in [0.15, 0.2) is 6.10 Å². The summed E-state index contributed by atoms with van der Waals surface area (Å²) in [6, 6.07) is 6.86. The van der Waals surface area contributed by atoms with E-state index in [-0.39, 0.29) is 5.56 Å². The first kappa shape index (κ1) is 10.4. The van der Waals surface area contributed by atoms with E-state index in [9.17, 15) is 13.9 Å². The van der Waals surface area contributed by atoms with Gasteiger partial charge < -0.3 is 10.1 Å². The number of aromatic amines is 1. The standard InChI is InChI=1S/C10H8ClF2NO/c11-10(12,13)9(15)7-5-14-8-4-2-1-3-6(7)8/h1-5,9,14-15H/t9-/m1/s1. The van der Waals surface area contributed by atoms with Crippen LogP contribution < -0.4 is 0 Å². The van der Waals surface area contributed by atoms with Gasteiger partial charge in [-0.1, -0.05) is 18.2 Å². The third-order valence-corrected chi connectivity index (χ3v) is 2.43. The molecular formula is C10H8ClF2NO. The molecule has 0 fully saturated rings.